The lowest BCUT2D eigenvalue weighted by atomic mass is 10.2. The summed E-state index contributed by atoms with van der Waals surface area (Å²) in [5.74, 6) is -0.246. The molecule has 1 saturated heterocycles. The van der Waals surface area contributed by atoms with Gasteiger partial charge in [0.1, 0.15) is 17.9 Å². The van der Waals surface area contributed by atoms with Gasteiger partial charge in [-0.15, -0.1) is 0 Å². The lowest BCUT2D eigenvalue weighted by molar-refractivity contribution is -0.136. The summed E-state index contributed by atoms with van der Waals surface area (Å²) in [5, 5.41) is 9.59. The minimum Gasteiger partial charge on any atom is -0.378 e. The van der Waals surface area contributed by atoms with Crippen LogP contribution < -0.4 is 5.56 Å². The number of halogens is 1. The molecule has 2 fully saturated rings. The Labute approximate surface area is 165 Å². The van der Waals surface area contributed by atoms with Crippen molar-refractivity contribution in [3.05, 3.63) is 52.3 Å². The molecule has 150 valence electrons. The largest absolute Gasteiger partial charge is 0.378 e. The molecule has 1 saturated carbocycles. The molecule has 1 amide bonds. The Kier molecular flexibility index (Phi) is 4.39. The van der Waals surface area contributed by atoms with Crippen LogP contribution in [-0.4, -0.2) is 56.7 Å². The number of nitrogens with zero attached hydrogens (tertiary/aromatic N) is 5. The van der Waals surface area contributed by atoms with Crippen molar-refractivity contribution in [2.24, 2.45) is 0 Å². The summed E-state index contributed by atoms with van der Waals surface area (Å²) < 4.78 is 21.4. The fraction of sp³-hybridized carbons (Fsp3) is 0.400. The summed E-state index contributed by atoms with van der Waals surface area (Å²) in [5.41, 5.74) is 1.36. The smallest absolute Gasteiger partial charge is 0.293 e. The second kappa shape index (κ2) is 7.07. The van der Waals surface area contributed by atoms with Crippen LogP contribution in [0.4, 0.5) is 4.39 Å². The zero-order valence-electron chi connectivity index (χ0n) is 15.8. The number of hydrogen-bond acceptors (Lipinski definition) is 5. The summed E-state index contributed by atoms with van der Waals surface area (Å²) in [6.07, 6.45) is 3.63. The fourth-order valence-corrected chi connectivity index (χ4v) is 3.68. The van der Waals surface area contributed by atoms with Crippen LogP contribution >= 0.6 is 0 Å². The van der Waals surface area contributed by atoms with E-state index in [0.29, 0.717) is 42.9 Å². The number of carbonyl (C=O) groups excluding carboxylic acids is 1. The van der Waals surface area contributed by atoms with Crippen molar-refractivity contribution in [3.8, 4) is 5.69 Å². The van der Waals surface area contributed by atoms with E-state index in [1.165, 1.54) is 21.5 Å². The zero-order chi connectivity index (χ0) is 20.0. The van der Waals surface area contributed by atoms with Gasteiger partial charge in [-0.05, 0) is 37.1 Å². The molecule has 0 atom stereocenters. The fourth-order valence-electron chi connectivity index (χ4n) is 3.68. The molecule has 0 N–H and O–H groups in total. The summed E-state index contributed by atoms with van der Waals surface area (Å²) in [6, 6.07) is 5.79. The third-order valence-electron chi connectivity index (χ3n) is 5.39. The second-order valence-corrected chi connectivity index (χ2v) is 7.41. The molecule has 3 aromatic rings. The maximum atomic E-state index is 13.3. The lowest BCUT2D eigenvalue weighted by Gasteiger charge is -2.26. The molecule has 2 aliphatic rings. The molecule has 29 heavy (non-hydrogen) atoms. The maximum Gasteiger partial charge on any atom is 0.293 e. The van der Waals surface area contributed by atoms with Gasteiger partial charge in [-0.25, -0.2) is 13.8 Å². The van der Waals surface area contributed by atoms with Gasteiger partial charge < -0.3 is 9.64 Å². The predicted molar refractivity (Wildman–Crippen MR) is 102 cm³/mol. The zero-order valence-corrected chi connectivity index (χ0v) is 15.8. The second-order valence-electron chi connectivity index (χ2n) is 7.41. The number of amides is 1. The molecule has 1 aliphatic heterocycles. The van der Waals surface area contributed by atoms with E-state index < -0.39 is 0 Å². The van der Waals surface area contributed by atoms with Crippen LogP contribution in [0.3, 0.4) is 0 Å². The molecule has 2 aromatic heterocycles. The first-order valence-corrected chi connectivity index (χ1v) is 9.72. The number of ether oxygens (including phenoxy) is 1. The van der Waals surface area contributed by atoms with Crippen LogP contribution in [0, 0.1) is 5.82 Å². The first-order valence-electron chi connectivity index (χ1n) is 9.72. The average Bonchev–Trinajstić information content (AvgIpc) is 3.49. The summed E-state index contributed by atoms with van der Waals surface area (Å²) >= 11 is 0. The molecule has 1 aromatic carbocycles. The Balaban J connectivity index is 1.60. The highest BCUT2D eigenvalue weighted by atomic mass is 19.1. The number of carbonyl (C=O) groups is 1. The van der Waals surface area contributed by atoms with E-state index in [2.05, 4.69) is 10.2 Å². The Bertz CT molecular complexity index is 1130. The number of benzene rings is 1. The summed E-state index contributed by atoms with van der Waals surface area (Å²) in [4.78, 5) is 27.6. The Hall–Kier alpha value is -3.07. The lowest BCUT2D eigenvalue weighted by Crippen LogP contribution is -2.44. The number of rotatable bonds is 4. The Morgan fingerprint density at radius 3 is 2.59 bits per heavy atom. The predicted octanol–water partition coefficient (Wildman–Crippen LogP) is 1.46. The van der Waals surface area contributed by atoms with E-state index >= 15 is 0 Å². The molecule has 0 spiro atoms. The normalized spacial score (nSPS) is 17.1. The molecule has 8 nitrogen and oxygen atoms in total. The summed E-state index contributed by atoms with van der Waals surface area (Å²) in [6.45, 7) is 1.90. The van der Waals surface area contributed by atoms with Gasteiger partial charge in [0.25, 0.3) is 5.56 Å². The van der Waals surface area contributed by atoms with Crippen LogP contribution in [0.1, 0.15) is 24.5 Å². The first-order chi connectivity index (χ1) is 14.1. The summed E-state index contributed by atoms with van der Waals surface area (Å²) in [7, 11) is 0. The van der Waals surface area contributed by atoms with Crippen molar-refractivity contribution < 1.29 is 13.9 Å². The molecule has 1 aliphatic carbocycles. The quantitative estimate of drug-likeness (QED) is 0.666. The van der Waals surface area contributed by atoms with E-state index in [9.17, 15) is 14.0 Å². The molecule has 0 unspecified atom stereocenters. The van der Waals surface area contributed by atoms with Crippen LogP contribution in [0.15, 0.2) is 35.3 Å². The number of aromatic nitrogens is 4. The maximum absolute atomic E-state index is 13.3. The minimum atomic E-state index is -0.382. The SMILES string of the molecule is O=C(Cn1nc(C2CC2)c2cnn(-c3ccc(F)cc3)c2c1=O)N1CCOCC1. The van der Waals surface area contributed by atoms with Gasteiger partial charge in [0.05, 0.1) is 30.8 Å². The van der Waals surface area contributed by atoms with E-state index in [-0.39, 0.29) is 29.7 Å². The minimum absolute atomic E-state index is 0.122. The van der Waals surface area contributed by atoms with Crippen molar-refractivity contribution in [2.45, 2.75) is 25.3 Å². The number of fused-ring (bicyclic) bond motifs is 1. The Morgan fingerprint density at radius 2 is 1.90 bits per heavy atom. The van der Waals surface area contributed by atoms with Crippen LogP contribution in [0.25, 0.3) is 16.6 Å². The van der Waals surface area contributed by atoms with Crippen molar-refractivity contribution in [1.29, 1.82) is 0 Å². The molecule has 5 rings (SSSR count). The third kappa shape index (κ3) is 3.31. The molecule has 0 radical (unpaired) electrons. The highest BCUT2D eigenvalue weighted by molar-refractivity contribution is 5.83. The highest BCUT2D eigenvalue weighted by Crippen LogP contribution is 2.41. The van der Waals surface area contributed by atoms with Gasteiger partial charge in [-0.1, -0.05) is 0 Å². The molecular formula is C20H20FN5O3. The number of hydrogen-bond donors (Lipinski definition) is 0. The monoisotopic (exact) mass is 397 g/mol. The van der Waals surface area contributed by atoms with Crippen molar-refractivity contribution in [1.82, 2.24) is 24.5 Å². The van der Waals surface area contributed by atoms with E-state index in [1.807, 2.05) is 0 Å². The molecule has 0 bridgehead atoms. The topological polar surface area (TPSA) is 82.2 Å². The van der Waals surface area contributed by atoms with Crippen molar-refractivity contribution in [2.75, 3.05) is 26.3 Å². The average molecular weight is 397 g/mol. The van der Waals surface area contributed by atoms with Crippen LogP contribution in [0.2, 0.25) is 0 Å². The highest BCUT2D eigenvalue weighted by Gasteiger charge is 2.31. The molecule has 3 heterocycles. The van der Waals surface area contributed by atoms with E-state index in [0.717, 1.165) is 18.5 Å². The molecular weight excluding hydrogens is 377 g/mol. The van der Waals surface area contributed by atoms with Gasteiger partial charge in [0.2, 0.25) is 5.91 Å². The van der Waals surface area contributed by atoms with Crippen molar-refractivity contribution >= 4 is 16.8 Å². The Morgan fingerprint density at radius 1 is 1.17 bits per heavy atom. The molecule has 9 heteroatoms. The van der Waals surface area contributed by atoms with Crippen LogP contribution in [-0.2, 0) is 16.1 Å². The van der Waals surface area contributed by atoms with Crippen molar-refractivity contribution in [3.63, 3.8) is 0 Å². The van der Waals surface area contributed by atoms with Gasteiger partial charge in [-0.3, -0.25) is 9.59 Å². The van der Waals surface area contributed by atoms with E-state index in [1.54, 1.807) is 23.2 Å². The standard InChI is InChI=1S/C20H20FN5O3/c21-14-3-5-15(6-4-14)26-19-16(11-22-26)18(13-1-2-13)23-25(20(19)28)12-17(27)24-7-9-29-10-8-24/h3-6,11,13H,1-2,7-10,12H2. The van der Waals surface area contributed by atoms with Gasteiger partial charge in [0.15, 0.2) is 0 Å². The third-order valence-corrected chi connectivity index (χ3v) is 5.39. The van der Waals surface area contributed by atoms with E-state index in [4.69, 9.17) is 4.74 Å². The van der Waals surface area contributed by atoms with Gasteiger partial charge in [0, 0.05) is 24.4 Å². The van der Waals surface area contributed by atoms with Gasteiger partial charge in [-0.2, -0.15) is 10.2 Å². The first kappa shape index (κ1) is 18.0. The van der Waals surface area contributed by atoms with Crippen LogP contribution in [0.5, 0.6) is 0 Å². The number of morpholine rings is 1. The van der Waals surface area contributed by atoms with Gasteiger partial charge >= 0.3 is 0 Å².